The van der Waals surface area contributed by atoms with E-state index in [2.05, 4.69) is 36.1 Å². The van der Waals surface area contributed by atoms with Gasteiger partial charge in [-0.2, -0.15) is 4.98 Å². The van der Waals surface area contributed by atoms with Gasteiger partial charge in [0.15, 0.2) is 0 Å². The molecule has 0 bridgehead atoms. The molecular weight excluding hydrogens is 346 g/mol. The van der Waals surface area contributed by atoms with Crippen LogP contribution in [0.4, 0.5) is 17.5 Å². The minimum Gasteiger partial charge on any atom is -0.342 e. The van der Waals surface area contributed by atoms with Gasteiger partial charge in [-0.05, 0) is 24.3 Å². The number of anilines is 3. The third kappa shape index (κ3) is 3.54. The minimum atomic E-state index is 0.686. The van der Waals surface area contributed by atoms with Crippen molar-refractivity contribution in [2.45, 2.75) is 0 Å². The Morgan fingerprint density at radius 3 is 2.73 bits per heavy atom. The highest BCUT2D eigenvalue weighted by atomic mass is 79.9. The number of nitrogens with one attached hydrogen (secondary N) is 1. The van der Waals surface area contributed by atoms with Crippen LogP contribution in [-0.2, 0) is 4.79 Å². The second kappa shape index (κ2) is 6.74. The average molecular weight is 362 g/mol. The van der Waals surface area contributed by atoms with Crippen molar-refractivity contribution in [2.24, 2.45) is 0 Å². The van der Waals surface area contributed by atoms with Crippen molar-refractivity contribution in [3.05, 3.63) is 41.0 Å². The van der Waals surface area contributed by atoms with Crippen molar-refractivity contribution in [3.63, 3.8) is 0 Å². The molecule has 3 rings (SSSR count). The summed E-state index contributed by atoms with van der Waals surface area (Å²) < 4.78 is 1.01. The van der Waals surface area contributed by atoms with Crippen molar-refractivity contribution in [1.29, 1.82) is 0 Å². The Morgan fingerprint density at radius 2 is 2.00 bits per heavy atom. The zero-order chi connectivity index (χ0) is 15.4. The Balaban J connectivity index is 1.71. The highest BCUT2D eigenvalue weighted by Crippen LogP contribution is 2.20. The molecule has 1 amide bonds. The van der Waals surface area contributed by atoms with Gasteiger partial charge in [-0.3, -0.25) is 4.79 Å². The van der Waals surface area contributed by atoms with Gasteiger partial charge in [0.05, 0.1) is 0 Å². The quantitative estimate of drug-likeness (QED) is 0.846. The van der Waals surface area contributed by atoms with Crippen LogP contribution >= 0.6 is 15.9 Å². The van der Waals surface area contributed by atoms with Crippen molar-refractivity contribution in [3.8, 4) is 0 Å². The Kier molecular flexibility index (Phi) is 4.53. The fourth-order valence-corrected chi connectivity index (χ4v) is 2.71. The molecule has 22 heavy (non-hydrogen) atoms. The zero-order valence-electron chi connectivity index (χ0n) is 11.9. The van der Waals surface area contributed by atoms with Crippen molar-refractivity contribution in [2.75, 3.05) is 36.4 Å². The van der Waals surface area contributed by atoms with Crippen LogP contribution in [0.25, 0.3) is 0 Å². The summed E-state index contributed by atoms with van der Waals surface area (Å²) in [5.41, 5.74) is 0.963. The molecule has 1 fully saturated rings. The van der Waals surface area contributed by atoms with Crippen molar-refractivity contribution in [1.82, 2.24) is 14.9 Å². The van der Waals surface area contributed by atoms with Crippen molar-refractivity contribution < 1.29 is 4.79 Å². The fourth-order valence-electron chi connectivity index (χ4n) is 2.31. The van der Waals surface area contributed by atoms with Gasteiger partial charge in [-0.1, -0.05) is 22.0 Å². The summed E-state index contributed by atoms with van der Waals surface area (Å²) in [6.07, 6.45) is 2.64. The molecule has 114 valence electrons. The van der Waals surface area contributed by atoms with E-state index in [9.17, 15) is 4.79 Å². The van der Waals surface area contributed by atoms with Crippen LogP contribution < -0.4 is 10.2 Å². The SMILES string of the molecule is O=CN1CCN(c2nccc(Nc3cccc(Br)c3)n2)CC1. The van der Waals surface area contributed by atoms with Gasteiger partial charge in [0.25, 0.3) is 0 Å². The maximum Gasteiger partial charge on any atom is 0.227 e. The van der Waals surface area contributed by atoms with Crippen LogP contribution in [0.1, 0.15) is 0 Å². The Hall–Kier alpha value is -2.15. The summed E-state index contributed by atoms with van der Waals surface area (Å²) in [5, 5.41) is 3.27. The maximum atomic E-state index is 10.8. The summed E-state index contributed by atoms with van der Waals surface area (Å²) >= 11 is 3.45. The molecule has 7 heteroatoms. The predicted molar refractivity (Wildman–Crippen MR) is 89.3 cm³/mol. The van der Waals surface area contributed by atoms with Crippen LogP contribution in [0.3, 0.4) is 0 Å². The van der Waals surface area contributed by atoms with Gasteiger partial charge in [-0.15, -0.1) is 0 Å². The number of piperazine rings is 1. The molecule has 2 heterocycles. The van der Waals surface area contributed by atoms with Crippen LogP contribution in [0.5, 0.6) is 0 Å². The molecule has 0 atom stereocenters. The largest absolute Gasteiger partial charge is 0.342 e. The van der Waals surface area contributed by atoms with Crippen LogP contribution in [0.2, 0.25) is 0 Å². The molecule has 1 N–H and O–H groups in total. The molecule has 1 aromatic carbocycles. The molecule has 0 unspecified atom stereocenters. The van der Waals surface area contributed by atoms with E-state index < -0.39 is 0 Å². The number of benzene rings is 1. The van der Waals surface area contributed by atoms with E-state index >= 15 is 0 Å². The van der Waals surface area contributed by atoms with E-state index in [4.69, 9.17) is 0 Å². The Labute approximate surface area is 137 Å². The first-order chi connectivity index (χ1) is 10.7. The standard InChI is InChI=1S/C15H16BrN5O/c16-12-2-1-3-13(10-12)18-14-4-5-17-15(19-14)21-8-6-20(11-22)7-9-21/h1-5,10-11H,6-9H2,(H,17,18,19). The lowest BCUT2D eigenvalue weighted by atomic mass is 10.3. The van der Waals surface area contributed by atoms with Crippen molar-refractivity contribution >= 4 is 39.8 Å². The molecule has 1 aliphatic heterocycles. The van der Waals surface area contributed by atoms with Crippen LogP contribution in [0.15, 0.2) is 41.0 Å². The number of halogens is 1. The molecule has 6 nitrogen and oxygen atoms in total. The zero-order valence-corrected chi connectivity index (χ0v) is 13.5. The third-order valence-electron chi connectivity index (χ3n) is 3.49. The van der Waals surface area contributed by atoms with Gasteiger partial charge >= 0.3 is 0 Å². The normalized spacial score (nSPS) is 14.8. The second-order valence-corrected chi connectivity index (χ2v) is 5.92. The molecule has 1 aromatic heterocycles. The number of carbonyl (C=O) groups excluding carboxylic acids is 1. The topological polar surface area (TPSA) is 61.4 Å². The Bertz CT molecular complexity index is 658. The monoisotopic (exact) mass is 361 g/mol. The highest BCUT2D eigenvalue weighted by molar-refractivity contribution is 9.10. The lowest BCUT2D eigenvalue weighted by Crippen LogP contribution is -2.46. The maximum absolute atomic E-state index is 10.8. The smallest absolute Gasteiger partial charge is 0.227 e. The molecule has 1 aliphatic rings. The number of rotatable bonds is 4. The number of carbonyl (C=O) groups is 1. The minimum absolute atomic E-state index is 0.686. The molecule has 0 spiro atoms. The van der Waals surface area contributed by atoms with Crippen LogP contribution in [0, 0.1) is 0 Å². The first-order valence-electron chi connectivity index (χ1n) is 7.04. The van der Waals surface area contributed by atoms with Gasteiger partial charge < -0.3 is 15.1 Å². The average Bonchev–Trinajstić information content (AvgIpc) is 2.55. The van der Waals surface area contributed by atoms with E-state index in [0.29, 0.717) is 19.0 Å². The second-order valence-electron chi connectivity index (χ2n) is 5.01. The van der Waals surface area contributed by atoms with Gasteiger partial charge in [0.1, 0.15) is 5.82 Å². The van der Waals surface area contributed by atoms with E-state index in [0.717, 1.165) is 35.5 Å². The summed E-state index contributed by atoms with van der Waals surface area (Å²) in [5.74, 6) is 1.44. The summed E-state index contributed by atoms with van der Waals surface area (Å²) in [6.45, 7) is 2.91. The van der Waals surface area contributed by atoms with E-state index in [1.165, 1.54) is 0 Å². The lowest BCUT2D eigenvalue weighted by Gasteiger charge is -2.32. The van der Waals surface area contributed by atoms with Gasteiger partial charge in [-0.25, -0.2) is 4.98 Å². The summed E-state index contributed by atoms with van der Waals surface area (Å²) in [4.78, 5) is 23.5. The van der Waals surface area contributed by atoms with Gasteiger partial charge in [0.2, 0.25) is 12.4 Å². The summed E-state index contributed by atoms with van der Waals surface area (Å²) in [7, 11) is 0. The highest BCUT2D eigenvalue weighted by Gasteiger charge is 2.17. The van der Waals surface area contributed by atoms with Crippen LogP contribution in [-0.4, -0.2) is 47.5 Å². The molecular formula is C15H16BrN5O. The lowest BCUT2D eigenvalue weighted by molar-refractivity contribution is -0.118. The molecule has 0 aliphatic carbocycles. The number of hydrogen-bond acceptors (Lipinski definition) is 5. The van der Waals surface area contributed by atoms with E-state index in [-0.39, 0.29) is 0 Å². The molecule has 0 radical (unpaired) electrons. The predicted octanol–water partition coefficient (Wildman–Crippen LogP) is 2.26. The third-order valence-corrected chi connectivity index (χ3v) is 3.98. The number of amides is 1. The molecule has 0 saturated carbocycles. The first kappa shape index (κ1) is 14.8. The molecule has 2 aromatic rings. The Morgan fingerprint density at radius 1 is 1.18 bits per heavy atom. The van der Waals surface area contributed by atoms with E-state index in [1.807, 2.05) is 30.3 Å². The number of aromatic nitrogens is 2. The molecule has 1 saturated heterocycles. The fraction of sp³-hybridized carbons (Fsp3) is 0.267. The number of nitrogens with zero attached hydrogens (tertiary/aromatic N) is 4. The summed E-state index contributed by atoms with van der Waals surface area (Å²) in [6, 6.07) is 9.75. The van der Waals surface area contributed by atoms with Gasteiger partial charge in [0, 0.05) is 42.5 Å². The number of hydrogen-bond donors (Lipinski definition) is 1. The first-order valence-corrected chi connectivity index (χ1v) is 7.84. The van der Waals surface area contributed by atoms with E-state index in [1.54, 1.807) is 11.1 Å².